The first-order valence-electron chi connectivity index (χ1n) is 6.98. The van der Waals surface area contributed by atoms with Crippen molar-refractivity contribution in [3.63, 3.8) is 0 Å². The predicted octanol–water partition coefficient (Wildman–Crippen LogP) is 3.21. The van der Waals surface area contributed by atoms with Gasteiger partial charge in [-0.1, -0.05) is 30.0 Å². The first kappa shape index (κ1) is 16.2. The van der Waals surface area contributed by atoms with E-state index in [-0.39, 0.29) is 6.04 Å². The Balaban J connectivity index is 1.98. The minimum Gasteiger partial charge on any atom is -0.353 e. The topological polar surface area (TPSA) is 53.9 Å². The van der Waals surface area contributed by atoms with Crippen molar-refractivity contribution in [3.05, 3.63) is 24.0 Å². The van der Waals surface area contributed by atoms with Crippen LogP contribution in [0.1, 0.15) is 32.0 Å². The molecular formula is C14H21N5S2. The lowest BCUT2D eigenvalue weighted by Crippen LogP contribution is -2.20. The van der Waals surface area contributed by atoms with E-state index in [4.69, 9.17) is 0 Å². The fourth-order valence-electron chi connectivity index (χ4n) is 1.70. The highest BCUT2D eigenvalue weighted by Gasteiger charge is 2.09. The molecule has 0 aliphatic heterocycles. The molecule has 0 aliphatic carbocycles. The molecule has 0 aliphatic rings. The normalized spacial score (nSPS) is 12.4. The van der Waals surface area contributed by atoms with Crippen LogP contribution in [0.2, 0.25) is 0 Å². The second-order valence-electron chi connectivity index (χ2n) is 4.94. The van der Waals surface area contributed by atoms with Crippen molar-refractivity contribution in [2.75, 3.05) is 25.5 Å². The van der Waals surface area contributed by atoms with Crippen LogP contribution in [0.3, 0.4) is 0 Å². The highest BCUT2D eigenvalue weighted by molar-refractivity contribution is 8.01. The Labute approximate surface area is 134 Å². The molecule has 0 saturated carbocycles. The van der Waals surface area contributed by atoms with Crippen LogP contribution in [0, 0.1) is 0 Å². The van der Waals surface area contributed by atoms with Crippen LogP contribution in [-0.4, -0.2) is 35.8 Å². The average Bonchev–Trinajstić information content (AvgIpc) is 2.94. The molecule has 7 heteroatoms. The van der Waals surface area contributed by atoms with E-state index in [1.54, 1.807) is 23.1 Å². The molecular weight excluding hydrogens is 302 g/mol. The summed E-state index contributed by atoms with van der Waals surface area (Å²) >= 11 is 3.18. The molecule has 0 spiro atoms. The second kappa shape index (κ2) is 7.72. The largest absolute Gasteiger partial charge is 0.353 e. The molecule has 2 heterocycles. The smallest absolute Gasteiger partial charge is 0.208 e. The standard InChI is InChI=1S/C14H21N5S2/c1-5-8-15-10(2)12-7-6-11(9-16-12)20-14-18-17-13(21-14)19(3)4/h6-7,9-10,15H,5,8H2,1-4H3. The number of rotatable bonds is 7. The Hall–Kier alpha value is -1.18. The van der Waals surface area contributed by atoms with Gasteiger partial charge in [-0.2, -0.15) is 0 Å². The van der Waals surface area contributed by atoms with Crippen molar-refractivity contribution >= 4 is 28.2 Å². The van der Waals surface area contributed by atoms with Gasteiger partial charge in [-0.15, -0.1) is 10.2 Å². The van der Waals surface area contributed by atoms with Crippen LogP contribution in [0.4, 0.5) is 5.13 Å². The first-order chi connectivity index (χ1) is 10.1. The molecule has 1 unspecified atom stereocenters. The molecule has 0 radical (unpaired) electrons. The highest BCUT2D eigenvalue weighted by Crippen LogP contribution is 2.32. The Morgan fingerprint density at radius 1 is 1.33 bits per heavy atom. The third kappa shape index (κ3) is 4.66. The summed E-state index contributed by atoms with van der Waals surface area (Å²) in [6, 6.07) is 4.45. The van der Waals surface area contributed by atoms with Gasteiger partial charge in [0.1, 0.15) is 0 Å². The zero-order valence-electron chi connectivity index (χ0n) is 12.8. The monoisotopic (exact) mass is 323 g/mol. The Kier molecular flexibility index (Phi) is 5.96. The van der Waals surface area contributed by atoms with Gasteiger partial charge in [0, 0.05) is 31.2 Å². The van der Waals surface area contributed by atoms with Gasteiger partial charge < -0.3 is 10.2 Å². The zero-order chi connectivity index (χ0) is 15.2. The Morgan fingerprint density at radius 2 is 2.14 bits per heavy atom. The number of nitrogens with zero attached hydrogens (tertiary/aromatic N) is 4. The number of aromatic nitrogens is 3. The van der Waals surface area contributed by atoms with E-state index in [0.29, 0.717) is 0 Å². The summed E-state index contributed by atoms with van der Waals surface area (Å²) in [6.45, 7) is 5.31. The quantitative estimate of drug-likeness (QED) is 0.844. The Bertz CT molecular complexity index is 553. The molecule has 0 fully saturated rings. The maximum Gasteiger partial charge on any atom is 0.208 e. The summed E-state index contributed by atoms with van der Waals surface area (Å²) in [4.78, 5) is 7.58. The fourth-order valence-corrected chi connectivity index (χ4v) is 3.40. The van der Waals surface area contributed by atoms with Gasteiger partial charge in [-0.25, -0.2) is 0 Å². The van der Waals surface area contributed by atoms with Gasteiger partial charge >= 0.3 is 0 Å². The van der Waals surface area contributed by atoms with Gasteiger partial charge in [-0.05, 0) is 32.0 Å². The van der Waals surface area contributed by atoms with Crippen LogP contribution < -0.4 is 10.2 Å². The summed E-state index contributed by atoms with van der Waals surface area (Å²) in [6.07, 6.45) is 3.03. The van der Waals surface area contributed by atoms with Crippen molar-refractivity contribution in [2.45, 2.75) is 35.5 Å². The van der Waals surface area contributed by atoms with Gasteiger partial charge in [-0.3, -0.25) is 4.98 Å². The predicted molar refractivity (Wildman–Crippen MR) is 89.3 cm³/mol. The summed E-state index contributed by atoms with van der Waals surface area (Å²) in [7, 11) is 3.94. The van der Waals surface area contributed by atoms with E-state index in [1.165, 1.54) is 0 Å². The van der Waals surface area contributed by atoms with Crippen LogP contribution in [-0.2, 0) is 0 Å². The SMILES string of the molecule is CCCNC(C)c1ccc(Sc2nnc(N(C)C)s2)cn1. The molecule has 1 N–H and O–H groups in total. The third-order valence-corrected chi connectivity index (χ3v) is 5.01. The fraction of sp³-hybridized carbons (Fsp3) is 0.500. The number of hydrogen-bond acceptors (Lipinski definition) is 7. The average molecular weight is 323 g/mol. The van der Waals surface area contributed by atoms with E-state index in [2.05, 4.69) is 46.5 Å². The molecule has 0 amide bonds. The van der Waals surface area contributed by atoms with Gasteiger partial charge in [0.05, 0.1) is 5.69 Å². The third-order valence-electron chi connectivity index (χ3n) is 2.89. The highest BCUT2D eigenvalue weighted by atomic mass is 32.2. The molecule has 21 heavy (non-hydrogen) atoms. The van der Waals surface area contributed by atoms with Gasteiger partial charge in [0.25, 0.3) is 0 Å². The van der Waals surface area contributed by atoms with Crippen molar-refractivity contribution in [2.24, 2.45) is 0 Å². The number of anilines is 1. The lowest BCUT2D eigenvalue weighted by Gasteiger charge is -2.12. The summed E-state index contributed by atoms with van der Waals surface area (Å²) in [5.41, 5.74) is 1.07. The molecule has 5 nitrogen and oxygen atoms in total. The zero-order valence-corrected chi connectivity index (χ0v) is 14.5. The van der Waals surface area contributed by atoms with Crippen molar-refractivity contribution < 1.29 is 0 Å². The van der Waals surface area contributed by atoms with E-state index in [9.17, 15) is 0 Å². The van der Waals surface area contributed by atoms with Crippen LogP contribution in [0.5, 0.6) is 0 Å². The first-order valence-corrected chi connectivity index (χ1v) is 8.61. The van der Waals surface area contributed by atoms with Crippen LogP contribution in [0.15, 0.2) is 27.6 Å². The van der Waals surface area contributed by atoms with Crippen LogP contribution >= 0.6 is 23.1 Å². The van der Waals surface area contributed by atoms with Crippen molar-refractivity contribution in [3.8, 4) is 0 Å². The van der Waals surface area contributed by atoms with E-state index in [0.717, 1.165) is 33.0 Å². The minimum atomic E-state index is 0.283. The summed E-state index contributed by atoms with van der Waals surface area (Å²) in [5, 5.41) is 12.7. The maximum atomic E-state index is 4.53. The molecule has 0 bridgehead atoms. The molecule has 1 atom stereocenters. The van der Waals surface area contributed by atoms with Gasteiger partial charge in [0.2, 0.25) is 5.13 Å². The van der Waals surface area contributed by atoms with Crippen LogP contribution in [0.25, 0.3) is 0 Å². The van der Waals surface area contributed by atoms with Crippen molar-refractivity contribution in [1.29, 1.82) is 0 Å². The minimum absolute atomic E-state index is 0.283. The molecule has 0 aromatic carbocycles. The summed E-state index contributed by atoms with van der Waals surface area (Å²) in [5.74, 6) is 0. The van der Waals surface area contributed by atoms with Crippen molar-refractivity contribution in [1.82, 2.24) is 20.5 Å². The lowest BCUT2D eigenvalue weighted by molar-refractivity contribution is 0.558. The number of nitrogens with one attached hydrogen (secondary N) is 1. The molecule has 2 aromatic heterocycles. The molecule has 2 rings (SSSR count). The van der Waals surface area contributed by atoms with Gasteiger partial charge in [0.15, 0.2) is 4.34 Å². The molecule has 0 saturated heterocycles. The molecule has 2 aromatic rings. The van der Waals surface area contributed by atoms with E-state index < -0.39 is 0 Å². The van der Waals surface area contributed by atoms with E-state index in [1.807, 2.05) is 25.2 Å². The number of hydrogen-bond donors (Lipinski definition) is 1. The maximum absolute atomic E-state index is 4.53. The second-order valence-corrected chi connectivity index (χ2v) is 7.22. The Morgan fingerprint density at radius 3 is 2.71 bits per heavy atom. The summed E-state index contributed by atoms with van der Waals surface area (Å²) < 4.78 is 0.936. The number of pyridine rings is 1. The molecule has 114 valence electrons. The van der Waals surface area contributed by atoms with E-state index >= 15 is 0 Å². The lowest BCUT2D eigenvalue weighted by atomic mass is 10.2.